The van der Waals surface area contributed by atoms with E-state index in [0.717, 1.165) is 23.4 Å². The van der Waals surface area contributed by atoms with Gasteiger partial charge in [0.25, 0.3) is 0 Å². The van der Waals surface area contributed by atoms with Gasteiger partial charge in [0.15, 0.2) is 0 Å². The molecule has 0 aliphatic rings. The maximum Gasteiger partial charge on any atom is 0.125 e. The van der Waals surface area contributed by atoms with Gasteiger partial charge in [-0.05, 0) is 36.1 Å². The molecular weight excluding hydrogens is 299 g/mol. The Morgan fingerprint density at radius 1 is 1.32 bits per heavy atom. The van der Waals surface area contributed by atoms with Crippen molar-refractivity contribution in [1.29, 1.82) is 0 Å². The van der Waals surface area contributed by atoms with Gasteiger partial charge in [0.1, 0.15) is 11.3 Å². The van der Waals surface area contributed by atoms with Crippen LogP contribution in [0.5, 0.6) is 0 Å². The zero-order valence-corrected chi connectivity index (χ0v) is 12.7. The van der Waals surface area contributed by atoms with Crippen LogP contribution in [0.2, 0.25) is 5.02 Å². The van der Waals surface area contributed by atoms with Gasteiger partial charge in [-0.2, -0.15) is 0 Å². The molecule has 2 aromatic heterocycles. The molecule has 0 N–H and O–H groups in total. The van der Waals surface area contributed by atoms with E-state index < -0.39 is 0 Å². The molecule has 0 aliphatic heterocycles. The van der Waals surface area contributed by atoms with Crippen molar-refractivity contribution in [2.24, 2.45) is 0 Å². The second-order valence-corrected chi connectivity index (χ2v) is 6.06. The monoisotopic (exact) mass is 310 g/mol. The largest absolute Gasteiger partial charge is 0.322 e. The third kappa shape index (κ3) is 2.27. The molecule has 0 unspecified atom stereocenters. The summed E-state index contributed by atoms with van der Waals surface area (Å²) in [5, 5.41) is 2.78. The second-order valence-electron chi connectivity index (χ2n) is 4.38. The highest BCUT2D eigenvalue weighted by molar-refractivity contribution is 7.10. The second kappa shape index (κ2) is 5.16. The average Bonchev–Trinajstić information content (AvgIpc) is 2.96. The zero-order chi connectivity index (χ0) is 13.4. The van der Waals surface area contributed by atoms with Gasteiger partial charge in [-0.25, -0.2) is 4.98 Å². The fourth-order valence-electron chi connectivity index (χ4n) is 2.15. The van der Waals surface area contributed by atoms with Gasteiger partial charge in [0.2, 0.25) is 0 Å². The third-order valence-corrected chi connectivity index (χ3v) is 4.75. The Kier molecular flexibility index (Phi) is 3.52. The fraction of sp³-hybridized carbons (Fsp3) is 0.214. The molecule has 0 spiro atoms. The van der Waals surface area contributed by atoms with Crippen LogP contribution in [0, 0.1) is 6.92 Å². The molecule has 1 aromatic carbocycles. The molecule has 2 heterocycles. The van der Waals surface area contributed by atoms with Crippen molar-refractivity contribution < 1.29 is 0 Å². The zero-order valence-electron chi connectivity index (χ0n) is 10.4. The van der Waals surface area contributed by atoms with Crippen LogP contribution >= 0.6 is 34.5 Å². The lowest BCUT2D eigenvalue weighted by atomic mass is 10.2. The average molecular weight is 311 g/mol. The van der Waals surface area contributed by atoms with Crippen LogP contribution in [-0.4, -0.2) is 9.55 Å². The Balaban J connectivity index is 2.16. The Labute approximate surface area is 125 Å². The van der Waals surface area contributed by atoms with Crippen molar-refractivity contribution in [2.45, 2.75) is 19.3 Å². The third-order valence-electron chi connectivity index (χ3n) is 3.20. The number of fused-ring (bicyclic) bond motifs is 1. The maximum atomic E-state index is 6.20. The van der Waals surface area contributed by atoms with E-state index in [1.165, 1.54) is 10.4 Å². The van der Waals surface area contributed by atoms with E-state index in [1.807, 2.05) is 18.2 Å². The minimum atomic E-state index is 0.384. The number of benzene rings is 1. The Morgan fingerprint density at radius 2 is 2.16 bits per heavy atom. The Morgan fingerprint density at radius 3 is 2.84 bits per heavy atom. The highest BCUT2D eigenvalue weighted by Gasteiger charge is 2.13. The number of aryl methyl sites for hydroxylation is 1. The first kappa shape index (κ1) is 13.0. The number of imidazole rings is 1. The predicted molar refractivity (Wildman–Crippen MR) is 82.5 cm³/mol. The van der Waals surface area contributed by atoms with E-state index in [0.29, 0.717) is 10.9 Å². The summed E-state index contributed by atoms with van der Waals surface area (Å²) in [6, 6.07) is 7.97. The van der Waals surface area contributed by atoms with Gasteiger partial charge in [-0.1, -0.05) is 17.7 Å². The number of para-hydroxylation sites is 1. The number of nitrogens with zero attached hydrogens (tertiary/aromatic N) is 2. The first-order valence-corrected chi connectivity index (χ1v) is 7.72. The topological polar surface area (TPSA) is 17.8 Å². The lowest BCUT2D eigenvalue weighted by molar-refractivity contribution is 0.786. The summed E-state index contributed by atoms with van der Waals surface area (Å²) < 4.78 is 2.15. The van der Waals surface area contributed by atoms with Crippen LogP contribution in [-0.2, 0) is 12.4 Å². The van der Waals surface area contributed by atoms with Crippen LogP contribution < -0.4 is 0 Å². The highest BCUT2D eigenvalue weighted by atomic mass is 35.5. The van der Waals surface area contributed by atoms with E-state index in [4.69, 9.17) is 23.2 Å². The molecule has 3 rings (SSSR count). The summed E-state index contributed by atoms with van der Waals surface area (Å²) in [5.74, 6) is 1.24. The van der Waals surface area contributed by atoms with Crippen molar-refractivity contribution in [3.05, 3.63) is 50.9 Å². The summed E-state index contributed by atoms with van der Waals surface area (Å²) >= 11 is 14.0. The summed E-state index contributed by atoms with van der Waals surface area (Å²) in [4.78, 5) is 5.87. The van der Waals surface area contributed by atoms with Gasteiger partial charge in [-0.15, -0.1) is 22.9 Å². The minimum absolute atomic E-state index is 0.384. The van der Waals surface area contributed by atoms with Crippen LogP contribution in [0.1, 0.15) is 16.3 Å². The van der Waals surface area contributed by atoms with Gasteiger partial charge in [-0.3, -0.25) is 0 Å². The van der Waals surface area contributed by atoms with Crippen LogP contribution in [0.3, 0.4) is 0 Å². The quantitative estimate of drug-likeness (QED) is 0.632. The van der Waals surface area contributed by atoms with Crippen molar-refractivity contribution in [3.63, 3.8) is 0 Å². The first-order valence-electron chi connectivity index (χ1n) is 5.93. The fourth-order valence-corrected chi connectivity index (χ4v) is 3.46. The predicted octanol–water partition coefficient (Wildman–Crippen LogP) is 4.85. The lowest BCUT2D eigenvalue weighted by Crippen LogP contribution is -2.03. The standard InChI is InChI=1S/C14H12Cl2N2S/c1-9-5-6-19-12(9)8-18-11-4-2-3-10(16)14(11)17-13(18)7-15/h2-6H,7-8H2,1H3. The number of hydrogen-bond donors (Lipinski definition) is 0. The van der Waals surface area contributed by atoms with Crippen LogP contribution in [0.15, 0.2) is 29.6 Å². The molecular formula is C14H12Cl2N2S. The normalized spacial score (nSPS) is 11.3. The molecule has 5 heteroatoms. The Hall–Kier alpha value is -1.03. The SMILES string of the molecule is Cc1ccsc1Cn1c(CCl)nc2c(Cl)cccc21. The van der Waals surface area contributed by atoms with E-state index in [1.54, 1.807) is 11.3 Å². The molecule has 0 bridgehead atoms. The number of alkyl halides is 1. The molecule has 2 nitrogen and oxygen atoms in total. The maximum absolute atomic E-state index is 6.20. The molecule has 0 radical (unpaired) electrons. The summed E-state index contributed by atoms with van der Waals surface area (Å²) in [7, 11) is 0. The number of rotatable bonds is 3. The summed E-state index contributed by atoms with van der Waals surface area (Å²) in [6.07, 6.45) is 0. The molecule has 0 fully saturated rings. The van der Waals surface area contributed by atoms with Gasteiger partial charge >= 0.3 is 0 Å². The highest BCUT2D eigenvalue weighted by Crippen LogP contribution is 2.27. The van der Waals surface area contributed by atoms with E-state index in [-0.39, 0.29) is 0 Å². The van der Waals surface area contributed by atoms with Gasteiger partial charge in [0, 0.05) is 4.88 Å². The van der Waals surface area contributed by atoms with E-state index in [2.05, 4.69) is 27.9 Å². The number of halogens is 2. The molecule has 0 aliphatic carbocycles. The molecule has 98 valence electrons. The number of aromatic nitrogens is 2. The lowest BCUT2D eigenvalue weighted by Gasteiger charge is -2.07. The van der Waals surface area contributed by atoms with E-state index >= 15 is 0 Å². The summed E-state index contributed by atoms with van der Waals surface area (Å²) in [6.45, 7) is 2.92. The van der Waals surface area contributed by atoms with Crippen molar-refractivity contribution in [3.8, 4) is 0 Å². The van der Waals surface area contributed by atoms with Crippen molar-refractivity contribution in [2.75, 3.05) is 0 Å². The molecule has 0 atom stereocenters. The van der Waals surface area contributed by atoms with Crippen LogP contribution in [0.25, 0.3) is 11.0 Å². The Bertz CT molecular complexity index is 730. The summed E-state index contributed by atoms with van der Waals surface area (Å²) in [5.41, 5.74) is 3.17. The van der Waals surface area contributed by atoms with Crippen molar-refractivity contribution >= 4 is 45.6 Å². The molecule has 3 aromatic rings. The van der Waals surface area contributed by atoms with Crippen LogP contribution in [0.4, 0.5) is 0 Å². The number of thiophene rings is 1. The van der Waals surface area contributed by atoms with Gasteiger partial charge in [0.05, 0.1) is 23.0 Å². The minimum Gasteiger partial charge on any atom is -0.322 e. The van der Waals surface area contributed by atoms with E-state index in [9.17, 15) is 0 Å². The smallest absolute Gasteiger partial charge is 0.125 e. The number of hydrogen-bond acceptors (Lipinski definition) is 2. The molecule has 0 saturated heterocycles. The van der Waals surface area contributed by atoms with Crippen molar-refractivity contribution in [1.82, 2.24) is 9.55 Å². The van der Waals surface area contributed by atoms with Gasteiger partial charge < -0.3 is 4.57 Å². The molecule has 19 heavy (non-hydrogen) atoms. The first-order chi connectivity index (χ1) is 9.20. The molecule has 0 amide bonds. The molecule has 0 saturated carbocycles.